The van der Waals surface area contributed by atoms with Crippen molar-refractivity contribution in [3.8, 4) is 0 Å². The van der Waals surface area contributed by atoms with E-state index in [-0.39, 0.29) is 5.56 Å². The van der Waals surface area contributed by atoms with Gasteiger partial charge in [0, 0.05) is 31.4 Å². The van der Waals surface area contributed by atoms with Crippen molar-refractivity contribution in [2.45, 2.75) is 25.3 Å². The first-order chi connectivity index (χ1) is 8.65. The summed E-state index contributed by atoms with van der Waals surface area (Å²) in [4.78, 5) is 14.4. The Bertz CT molecular complexity index is 621. The maximum atomic E-state index is 12.3. The molecule has 1 saturated carbocycles. The summed E-state index contributed by atoms with van der Waals surface area (Å²) >= 11 is 0. The molecule has 1 aliphatic rings. The molecule has 0 bridgehead atoms. The van der Waals surface area contributed by atoms with Gasteiger partial charge in [-0.2, -0.15) is 5.10 Å². The van der Waals surface area contributed by atoms with E-state index in [9.17, 15) is 4.79 Å². The van der Waals surface area contributed by atoms with E-state index in [0.717, 1.165) is 12.2 Å². The van der Waals surface area contributed by atoms with E-state index in [0.29, 0.717) is 18.0 Å². The highest BCUT2D eigenvalue weighted by atomic mass is 16.1. The summed E-state index contributed by atoms with van der Waals surface area (Å²) in [7, 11) is 4.02. The molecule has 0 radical (unpaired) electrons. The van der Waals surface area contributed by atoms with Crippen LogP contribution < -0.4 is 5.56 Å². The number of likely N-dealkylation sites (N-methyl/N-ethyl adjacent to an activating group) is 1. The third-order valence-electron chi connectivity index (χ3n) is 3.41. The third kappa shape index (κ3) is 2.06. The standard InChI is InChI=1S/C13H18N4O/c1-15(2)5-6-16-7-8-17-12(13(16)18)9-11(14-17)10-3-4-10/h7-10H,3-6H2,1-2H3. The fraction of sp³-hybridized carbons (Fsp3) is 0.538. The Balaban J connectivity index is 1.97. The minimum Gasteiger partial charge on any atom is -0.311 e. The molecule has 18 heavy (non-hydrogen) atoms. The highest BCUT2D eigenvalue weighted by Crippen LogP contribution is 2.39. The topological polar surface area (TPSA) is 42.5 Å². The second-order valence-electron chi connectivity index (χ2n) is 5.27. The maximum absolute atomic E-state index is 12.3. The number of rotatable bonds is 4. The van der Waals surface area contributed by atoms with Crippen LogP contribution in [0.1, 0.15) is 24.5 Å². The Morgan fingerprint density at radius 2 is 2.17 bits per heavy atom. The van der Waals surface area contributed by atoms with Crippen molar-refractivity contribution in [3.63, 3.8) is 0 Å². The van der Waals surface area contributed by atoms with Gasteiger partial charge in [0.25, 0.3) is 5.56 Å². The van der Waals surface area contributed by atoms with E-state index in [1.165, 1.54) is 12.8 Å². The van der Waals surface area contributed by atoms with E-state index >= 15 is 0 Å². The van der Waals surface area contributed by atoms with Crippen LogP contribution in [0.3, 0.4) is 0 Å². The van der Waals surface area contributed by atoms with E-state index in [1.54, 1.807) is 9.08 Å². The zero-order valence-electron chi connectivity index (χ0n) is 10.8. The van der Waals surface area contributed by atoms with Crippen molar-refractivity contribution < 1.29 is 0 Å². The number of fused-ring (bicyclic) bond motifs is 1. The van der Waals surface area contributed by atoms with Crippen molar-refractivity contribution in [2.75, 3.05) is 20.6 Å². The molecule has 2 aromatic rings. The molecule has 96 valence electrons. The molecule has 5 nitrogen and oxygen atoms in total. The molecule has 0 N–H and O–H groups in total. The minimum absolute atomic E-state index is 0.0544. The number of aromatic nitrogens is 3. The zero-order valence-corrected chi connectivity index (χ0v) is 10.8. The normalized spacial score (nSPS) is 15.7. The fourth-order valence-electron chi connectivity index (χ4n) is 2.11. The number of hydrogen-bond donors (Lipinski definition) is 0. The molecule has 0 saturated heterocycles. The molecule has 2 aromatic heterocycles. The van der Waals surface area contributed by atoms with Crippen LogP contribution in [0.15, 0.2) is 23.3 Å². The van der Waals surface area contributed by atoms with Crippen molar-refractivity contribution in [1.82, 2.24) is 19.1 Å². The van der Waals surface area contributed by atoms with Gasteiger partial charge in [0.1, 0.15) is 5.52 Å². The lowest BCUT2D eigenvalue weighted by Crippen LogP contribution is -2.27. The van der Waals surface area contributed by atoms with Crippen LogP contribution in [-0.2, 0) is 6.54 Å². The van der Waals surface area contributed by atoms with Gasteiger partial charge in [0.05, 0.1) is 5.69 Å². The average Bonchev–Trinajstić information content (AvgIpc) is 3.08. The number of nitrogens with zero attached hydrogens (tertiary/aromatic N) is 4. The predicted molar refractivity (Wildman–Crippen MR) is 70.0 cm³/mol. The first-order valence-corrected chi connectivity index (χ1v) is 6.38. The van der Waals surface area contributed by atoms with Crippen LogP contribution in [0.5, 0.6) is 0 Å². The van der Waals surface area contributed by atoms with Gasteiger partial charge < -0.3 is 9.47 Å². The Hall–Kier alpha value is -1.62. The largest absolute Gasteiger partial charge is 0.311 e. The molecule has 0 spiro atoms. The zero-order chi connectivity index (χ0) is 12.7. The summed E-state index contributed by atoms with van der Waals surface area (Å²) in [5.41, 5.74) is 1.81. The van der Waals surface area contributed by atoms with Crippen LogP contribution in [0.25, 0.3) is 5.52 Å². The predicted octanol–water partition coefficient (Wildman–Crippen LogP) is 0.935. The van der Waals surface area contributed by atoms with Gasteiger partial charge in [-0.1, -0.05) is 0 Å². The second-order valence-corrected chi connectivity index (χ2v) is 5.27. The van der Waals surface area contributed by atoms with Gasteiger partial charge in [-0.15, -0.1) is 0 Å². The second kappa shape index (κ2) is 4.24. The Morgan fingerprint density at radius 3 is 2.83 bits per heavy atom. The SMILES string of the molecule is CN(C)CCn1ccn2nc(C3CC3)cc2c1=O. The number of hydrogen-bond acceptors (Lipinski definition) is 3. The van der Waals surface area contributed by atoms with Gasteiger partial charge >= 0.3 is 0 Å². The van der Waals surface area contributed by atoms with Gasteiger partial charge in [-0.25, -0.2) is 4.52 Å². The first kappa shape index (κ1) is 11.5. The molecule has 0 unspecified atom stereocenters. The molecule has 3 rings (SSSR count). The van der Waals surface area contributed by atoms with Crippen LogP contribution in [0.2, 0.25) is 0 Å². The van der Waals surface area contributed by atoms with Crippen LogP contribution in [0.4, 0.5) is 0 Å². The molecule has 2 heterocycles. The average molecular weight is 246 g/mol. The van der Waals surface area contributed by atoms with Crippen molar-refractivity contribution in [3.05, 3.63) is 34.5 Å². The van der Waals surface area contributed by atoms with Crippen molar-refractivity contribution in [1.29, 1.82) is 0 Å². The van der Waals surface area contributed by atoms with E-state index < -0.39 is 0 Å². The summed E-state index contributed by atoms with van der Waals surface area (Å²) < 4.78 is 3.47. The van der Waals surface area contributed by atoms with Gasteiger partial charge in [-0.05, 0) is 33.0 Å². The van der Waals surface area contributed by atoms with E-state index in [2.05, 4.69) is 10.00 Å². The molecular weight excluding hydrogens is 228 g/mol. The summed E-state index contributed by atoms with van der Waals surface area (Å²) in [6.45, 7) is 1.58. The molecule has 0 aromatic carbocycles. The molecule has 1 aliphatic carbocycles. The molecule has 0 atom stereocenters. The lowest BCUT2D eigenvalue weighted by atomic mass is 10.3. The fourth-order valence-corrected chi connectivity index (χ4v) is 2.11. The van der Waals surface area contributed by atoms with Crippen LogP contribution in [-0.4, -0.2) is 39.7 Å². The first-order valence-electron chi connectivity index (χ1n) is 6.38. The monoisotopic (exact) mass is 246 g/mol. The lowest BCUT2D eigenvalue weighted by molar-refractivity contribution is 0.381. The lowest BCUT2D eigenvalue weighted by Gasteiger charge is -2.10. The minimum atomic E-state index is 0.0544. The molecule has 5 heteroatoms. The van der Waals surface area contributed by atoms with Gasteiger partial charge in [0.2, 0.25) is 0 Å². The highest BCUT2D eigenvalue weighted by Gasteiger charge is 2.26. The van der Waals surface area contributed by atoms with Crippen LogP contribution in [0, 0.1) is 0 Å². The molecule has 0 amide bonds. The Kier molecular flexibility index (Phi) is 2.70. The summed E-state index contributed by atoms with van der Waals surface area (Å²) in [6.07, 6.45) is 6.11. The van der Waals surface area contributed by atoms with Crippen molar-refractivity contribution in [2.24, 2.45) is 0 Å². The molecular formula is C13H18N4O. The third-order valence-corrected chi connectivity index (χ3v) is 3.41. The molecule has 1 fully saturated rings. The van der Waals surface area contributed by atoms with E-state index in [4.69, 9.17) is 0 Å². The van der Waals surface area contributed by atoms with E-state index in [1.807, 2.05) is 32.6 Å². The van der Waals surface area contributed by atoms with Gasteiger partial charge in [0.15, 0.2) is 0 Å². The highest BCUT2D eigenvalue weighted by molar-refractivity contribution is 5.46. The Morgan fingerprint density at radius 1 is 1.39 bits per heavy atom. The quantitative estimate of drug-likeness (QED) is 0.806. The summed E-state index contributed by atoms with van der Waals surface area (Å²) in [5, 5.41) is 4.46. The molecule has 0 aliphatic heterocycles. The summed E-state index contributed by atoms with van der Waals surface area (Å²) in [5.74, 6) is 0.583. The smallest absolute Gasteiger partial charge is 0.276 e. The Labute approximate surface area is 106 Å². The maximum Gasteiger partial charge on any atom is 0.276 e. The van der Waals surface area contributed by atoms with Crippen LogP contribution >= 0.6 is 0 Å². The van der Waals surface area contributed by atoms with Gasteiger partial charge in [-0.3, -0.25) is 4.79 Å². The summed E-state index contributed by atoms with van der Waals surface area (Å²) in [6, 6.07) is 1.95. The van der Waals surface area contributed by atoms with Crippen molar-refractivity contribution >= 4 is 5.52 Å².